The van der Waals surface area contributed by atoms with Gasteiger partial charge in [0.1, 0.15) is 0 Å². The van der Waals surface area contributed by atoms with E-state index in [0.717, 1.165) is 24.3 Å². The average molecular weight is 139 g/mol. The van der Waals surface area contributed by atoms with Crippen LogP contribution in [0.1, 0.15) is 19.3 Å². The van der Waals surface area contributed by atoms with Gasteiger partial charge in [0.25, 0.3) is 0 Å². The summed E-state index contributed by atoms with van der Waals surface area (Å²) in [5, 5.41) is 0. The predicted molar refractivity (Wildman–Crippen MR) is 37.2 cm³/mol. The monoisotopic (exact) mass is 139 g/mol. The molecule has 4 atom stereocenters. The Morgan fingerprint density at radius 3 is 3.00 bits per heavy atom. The molecule has 2 bridgehead atoms. The summed E-state index contributed by atoms with van der Waals surface area (Å²) in [5.74, 6) is 2.79. The SMILES string of the molecule is C1CC2CC1C1CNOC21. The molecule has 2 saturated carbocycles. The second kappa shape index (κ2) is 1.74. The second-order valence-electron chi connectivity index (χ2n) is 3.93. The van der Waals surface area contributed by atoms with Crippen LogP contribution in [0.25, 0.3) is 0 Å². The Balaban J connectivity index is 1.92. The van der Waals surface area contributed by atoms with Gasteiger partial charge in [0, 0.05) is 12.5 Å². The lowest BCUT2D eigenvalue weighted by Crippen LogP contribution is -2.24. The van der Waals surface area contributed by atoms with Gasteiger partial charge in [-0.05, 0) is 31.1 Å². The van der Waals surface area contributed by atoms with Gasteiger partial charge >= 0.3 is 0 Å². The number of hydrogen-bond donors (Lipinski definition) is 1. The van der Waals surface area contributed by atoms with Crippen LogP contribution in [0.5, 0.6) is 0 Å². The Bertz CT molecular complexity index is 143. The highest BCUT2D eigenvalue weighted by molar-refractivity contribution is 4.99. The molecule has 1 N–H and O–H groups in total. The van der Waals surface area contributed by atoms with Crippen LogP contribution in [0.4, 0.5) is 0 Å². The normalized spacial score (nSPS) is 57.6. The molecule has 4 unspecified atom stereocenters. The van der Waals surface area contributed by atoms with Crippen LogP contribution in [0.15, 0.2) is 0 Å². The summed E-state index contributed by atoms with van der Waals surface area (Å²) < 4.78 is 0. The Morgan fingerprint density at radius 1 is 1.20 bits per heavy atom. The molecule has 0 radical (unpaired) electrons. The van der Waals surface area contributed by atoms with Crippen molar-refractivity contribution in [3.05, 3.63) is 0 Å². The highest BCUT2D eigenvalue weighted by Gasteiger charge is 2.50. The van der Waals surface area contributed by atoms with Crippen molar-refractivity contribution in [1.82, 2.24) is 5.48 Å². The number of hydrogen-bond acceptors (Lipinski definition) is 2. The van der Waals surface area contributed by atoms with Crippen LogP contribution in [0.2, 0.25) is 0 Å². The van der Waals surface area contributed by atoms with Crippen LogP contribution in [-0.4, -0.2) is 12.6 Å². The van der Waals surface area contributed by atoms with E-state index in [1.165, 1.54) is 19.3 Å². The van der Waals surface area contributed by atoms with Crippen LogP contribution in [-0.2, 0) is 4.84 Å². The third-order valence-electron chi connectivity index (χ3n) is 3.54. The molecular formula is C8H13NO. The van der Waals surface area contributed by atoms with E-state index in [9.17, 15) is 0 Å². The molecule has 2 nitrogen and oxygen atoms in total. The van der Waals surface area contributed by atoms with E-state index in [-0.39, 0.29) is 0 Å². The highest BCUT2D eigenvalue weighted by atomic mass is 16.7. The molecule has 0 aromatic rings. The molecule has 10 heavy (non-hydrogen) atoms. The third kappa shape index (κ3) is 0.523. The molecule has 3 fully saturated rings. The minimum atomic E-state index is 0.596. The molecule has 56 valence electrons. The zero-order valence-corrected chi connectivity index (χ0v) is 6.05. The first-order valence-electron chi connectivity index (χ1n) is 4.33. The highest BCUT2D eigenvalue weighted by Crippen LogP contribution is 2.50. The van der Waals surface area contributed by atoms with E-state index in [2.05, 4.69) is 5.48 Å². The van der Waals surface area contributed by atoms with Crippen molar-refractivity contribution in [3.63, 3.8) is 0 Å². The summed E-state index contributed by atoms with van der Waals surface area (Å²) in [6.45, 7) is 1.12. The van der Waals surface area contributed by atoms with Crippen LogP contribution < -0.4 is 5.48 Å². The van der Waals surface area contributed by atoms with Crippen molar-refractivity contribution >= 4 is 0 Å². The van der Waals surface area contributed by atoms with Gasteiger partial charge in [0.15, 0.2) is 0 Å². The fourth-order valence-corrected chi connectivity index (χ4v) is 3.06. The first-order valence-corrected chi connectivity index (χ1v) is 4.33. The lowest BCUT2D eigenvalue weighted by atomic mass is 9.87. The van der Waals surface area contributed by atoms with Crippen LogP contribution in [0.3, 0.4) is 0 Å². The fraction of sp³-hybridized carbons (Fsp3) is 1.00. The van der Waals surface area contributed by atoms with Gasteiger partial charge in [-0.1, -0.05) is 0 Å². The van der Waals surface area contributed by atoms with Crippen LogP contribution >= 0.6 is 0 Å². The maximum atomic E-state index is 5.46. The summed E-state index contributed by atoms with van der Waals surface area (Å²) in [4.78, 5) is 5.46. The molecule has 2 aliphatic carbocycles. The van der Waals surface area contributed by atoms with Crippen molar-refractivity contribution in [3.8, 4) is 0 Å². The first kappa shape index (κ1) is 5.56. The number of fused-ring (bicyclic) bond motifs is 5. The molecule has 3 rings (SSSR count). The minimum absolute atomic E-state index is 0.596. The van der Waals surface area contributed by atoms with Gasteiger partial charge in [0.05, 0.1) is 6.10 Å². The average Bonchev–Trinajstić information content (AvgIpc) is 2.60. The Labute approximate surface area is 60.9 Å². The number of nitrogens with one attached hydrogen (secondary N) is 1. The number of hydroxylamine groups is 1. The first-order chi connectivity index (χ1) is 4.95. The molecule has 0 aromatic heterocycles. The Hall–Kier alpha value is -0.0800. The Morgan fingerprint density at radius 2 is 2.10 bits per heavy atom. The molecular weight excluding hydrogens is 126 g/mol. The maximum absolute atomic E-state index is 5.46. The zero-order valence-electron chi connectivity index (χ0n) is 6.05. The van der Waals surface area contributed by atoms with E-state index in [0.29, 0.717) is 6.10 Å². The van der Waals surface area contributed by atoms with Crippen molar-refractivity contribution in [2.75, 3.05) is 6.54 Å². The molecule has 1 aliphatic heterocycles. The van der Waals surface area contributed by atoms with E-state index in [4.69, 9.17) is 4.84 Å². The van der Waals surface area contributed by atoms with Gasteiger partial charge in [-0.15, -0.1) is 0 Å². The van der Waals surface area contributed by atoms with Gasteiger partial charge in [0.2, 0.25) is 0 Å². The summed E-state index contributed by atoms with van der Waals surface area (Å²) >= 11 is 0. The largest absolute Gasteiger partial charge is 0.298 e. The van der Waals surface area contributed by atoms with Gasteiger partial charge in [-0.25, -0.2) is 5.48 Å². The van der Waals surface area contributed by atoms with E-state index >= 15 is 0 Å². The molecule has 0 spiro atoms. The van der Waals surface area contributed by atoms with Crippen LogP contribution in [0, 0.1) is 17.8 Å². The molecule has 2 heteroatoms. The lowest BCUT2D eigenvalue weighted by molar-refractivity contribution is -0.00410. The molecule has 1 heterocycles. The standard InChI is InChI=1S/C8H13NO/c1-2-6-3-5(1)7-4-9-10-8(6)7/h5-9H,1-4H2. The van der Waals surface area contributed by atoms with Gasteiger partial charge in [-0.3, -0.25) is 4.84 Å². The molecule has 3 aliphatic rings. The second-order valence-corrected chi connectivity index (χ2v) is 3.93. The summed E-state index contributed by atoms with van der Waals surface area (Å²) in [6.07, 6.45) is 4.94. The third-order valence-corrected chi connectivity index (χ3v) is 3.54. The molecule has 0 aromatic carbocycles. The van der Waals surface area contributed by atoms with Crippen molar-refractivity contribution in [2.24, 2.45) is 17.8 Å². The van der Waals surface area contributed by atoms with E-state index < -0.39 is 0 Å². The van der Waals surface area contributed by atoms with Crippen molar-refractivity contribution < 1.29 is 4.84 Å². The molecule has 1 saturated heterocycles. The summed E-state index contributed by atoms with van der Waals surface area (Å²) in [5.41, 5.74) is 3.03. The summed E-state index contributed by atoms with van der Waals surface area (Å²) in [7, 11) is 0. The van der Waals surface area contributed by atoms with Gasteiger partial charge < -0.3 is 0 Å². The predicted octanol–water partition coefficient (Wildman–Crippen LogP) is 0.936. The fourth-order valence-electron chi connectivity index (χ4n) is 3.06. The lowest BCUT2D eigenvalue weighted by Gasteiger charge is -2.20. The van der Waals surface area contributed by atoms with Gasteiger partial charge in [-0.2, -0.15) is 0 Å². The maximum Gasteiger partial charge on any atom is 0.0862 e. The Kier molecular flexibility index (Phi) is 0.968. The van der Waals surface area contributed by atoms with E-state index in [1.807, 2.05) is 0 Å². The van der Waals surface area contributed by atoms with Crippen molar-refractivity contribution in [2.45, 2.75) is 25.4 Å². The van der Waals surface area contributed by atoms with Crippen molar-refractivity contribution in [1.29, 1.82) is 0 Å². The number of rotatable bonds is 0. The smallest absolute Gasteiger partial charge is 0.0862 e. The minimum Gasteiger partial charge on any atom is -0.298 e. The van der Waals surface area contributed by atoms with E-state index in [1.54, 1.807) is 0 Å². The zero-order chi connectivity index (χ0) is 6.55. The quantitative estimate of drug-likeness (QED) is 0.539. The molecule has 0 amide bonds. The summed E-state index contributed by atoms with van der Waals surface area (Å²) in [6, 6.07) is 0. The topological polar surface area (TPSA) is 21.3 Å².